The van der Waals surface area contributed by atoms with Gasteiger partial charge in [-0.2, -0.15) is 0 Å². The van der Waals surface area contributed by atoms with E-state index in [2.05, 4.69) is 10.2 Å². The fourth-order valence-electron chi connectivity index (χ4n) is 2.29. The highest BCUT2D eigenvalue weighted by atomic mass is 16.5. The van der Waals surface area contributed by atoms with Gasteiger partial charge in [-0.15, -0.1) is 0 Å². The average molecular weight is 328 g/mol. The molecule has 0 aromatic heterocycles. The van der Waals surface area contributed by atoms with E-state index in [-0.39, 0.29) is 5.91 Å². The van der Waals surface area contributed by atoms with Crippen LogP contribution in [0, 0.1) is 0 Å². The van der Waals surface area contributed by atoms with Gasteiger partial charge in [-0.05, 0) is 49.0 Å². The van der Waals surface area contributed by atoms with E-state index in [1.165, 1.54) is 0 Å². The molecule has 0 aliphatic heterocycles. The molecule has 0 fully saturated rings. The molecular weight excluding hydrogens is 304 g/mol. The number of hydrogen-bond donors (Lipinski definition) is 1. The number of rotatable bonds is 8. The standard InChI is InChI=1S/C19H24N2O3/c1-20-19(22)16-6-4-15(5-7-16)14-21(2)12-13-24-18-10-8-17(23-3)9-11-18/h4-11H,12-14H2,1-3H3,(H,20,22). The highest BCUT2D eigenvalue weighted by Crippen LogP contribution is 2.17. The molecule has 0 unspecified atom stereocenters. The molecule has 0 aliphatic carbocycles. The SMILES string of the molecule is CNC(=O)c1ccc(CN(C)CCOc2ccc(OC)cc2)cc1. The molecule has 24 heavy (non-hydrogen) atoms. The Kier molecular flexibility index (Phi) is 6.63. The lowest BCUT2D eigenvalue weighted by Crippen LogP contribution is -2.24. The minimum atomic E-state index is -0.0669. The molecule has 5 nitrogen and oxygen atoms in total. The Bertz CT molecular complexity index is 639. The Morgan fingerprint density at radius 2 is 1.67 bits per heavy atom. The smallest absolute Gasteiger partial charge is 0.251 e. The number of nitrogens with one attached hydrogen (secondary N) is 1. The van der Waals surface area contributed by atoms with Crippen LogP contribution in [0.2, 0.25) is 0 Å². The maximum absolute atomic E-state index is 11.5. The van der Waals surface area contributed by atoms with E-state index in [9.17, 15) is 4.79 Å². The zero-order chi connectivity index (χ0) is 17.4. The summed E-state index contributed by atoms with van der Waals surface area (Å²) in [6, 6.07) is 15.2. The third-order valence-corrected chi connectivity index (χ3v) is 3.70. The average Bonchev–Trinajstić information content (AvgIpc) is 2.62. The number of carbonyl (C=O) groups excluding carboxylic acids is 1. The van der Waals surface area contributed by atoms with Gasteiger partial charge < -0.3 is 14.8 Å². The van der Waals surface area contributed by atoms with Gasteiger partial charge in [-0.1, -0.05) is 12.1 Å². The molecule has 2 aromatic rings. The topological polar surface area (TPSA) is 50.8 Å². The van der Waals surface area contributed by atoms with Crippen LogP contribution < -0.4 is 14.8 Å². The van der Waals surface area contributed by atoms with Crippen molar-refractivity contribution in [1.29, 1.82) is 0 Å². The van der Waals surface area contributed by atoms with Crippen LogP contribution in [0.1, 0.15) is 15.9 Å². The summed E-state index contributed by atoms with van der Waals surface area (Å²) in [4.78, 5) is 13.7. The summed E-state index contributed by atoms with van der Waals surface area (Å²) >= 11 is 0. The quantitative estimate of drug-likeness (QED) is 0.809. The zero-order valence-electron chi connectivity index (χ0n) is 14.4. The van der Waals surface area contributed by atoms with E-state index in [0.717, 1.165) is 30.2 Å². The summed E-state index contributed by atoms with van der Waals surface area (Å²) in [5, 5.41) is 2.62. The summed E-state index contributed by atoms with van der Waals surface area (Å²) in [7, 11) is 5.32. The molecule has 0 radical (unpaired) electrons. The first-order chi connectivity index (χ1) is 11.6. The summed E-state index contributed by atoms with van der Waals surface area (Å²) in [6.45, 7) is 2.22. The molecule has 0 bridgehead atoms. The van der Waals surface area contributed by atoms with Crippen LogP contribution in [-0.2, 0) is 6.54 Å². The van der Waals surface area contributed by atoms with Gasteiger partial charge in [0, 0.05) is 25.7 Å². The van der Waals surface area contributed by atoms with Crippen molar-refractivity contribution in [3.8, 4) is 11.5 Å². The molecule has 0 saturated heterocycles. The van der Waals surface area contributed by atoms with Gasteiger partial charge in [0.25, 0.3) is 5.91 Å². The van der Waals surface area contributed by atoms with Crippen molar-refractivity contribution in [3.05, 3.63) is 59.7 Å². The van der Waals surface area contributed by atoms with Crippen molar-refractivity contribution in [3.63, 3.8) is 0 Å². The molecule has 0 spiro atoms. The largest absolute Gasteiger partial charge is 0.497 e. The van der Waals surface area contributed by atoms with E-state index < -0.39 is 0 Å². The zero-order valence-corrected chi connectivity index (χ0v) is 14.4. The van der Waals surface area contributed by atoms with Crippen LogP contribution in [0.4, 0.5) is 0 Å². The molecule has 1 amide bonds. The number of likely N-dealkylation sites (N-methyl/N-ethyl adjacent to an activating group) is 1. The Balaban J connectivity index is 1.76. The van der Waals surface area contributed by atoms with E-state index in [1.807, 2.05) is 55.6 Å². The lowest BCUT2D eigenvalue weighted by molar-refractivity contribution is 0.0963. The van der Waals surface area contributed by atoms with Gasteiger partial charge in [0.1, 0.15) is 18.1 Å². The van der Waals surface area contributed by atoms with E-state index in [0.29, 0.717) is 12.2 Å². The van der Waals surface area contributed by atoms with E-state index in [1.54, 1.807) is 14.2 Å². The first kappa shape index (κ1) is 17.8. The van der Waals surface area contributed by atoms with Gasteiger partial charge in [0.2, 0.25) is 0 Å². The predicted octanol–water partition coefficient (Wildman–Crippen LogP) is 2.57. The summed E-state index contributed by atoms with van der Waals surface area (Å²) in [6.07, 6.45) is 0. The predicted molar refractivity (Wildman–Crippen MR) is 94.7 cm³/mol. The molecule has 1 N–H and O–H groups in total. The van der Waals surface area contributed by atoms with Crippen molar-refractivity contribution in [1.82, 2.24) is 10.2 Å². The van der Waals surface area contributed by atoms with Crippen LogP contribution in [0.15, 0.2) is 48.5 Å². The van der Waals surface area contributed by atoms with E-state index >= 15 is 0 Å². The van der Waals surface area contributed by atoms with Gasteiger partial charge in [-0.25, -0.2) is 0 Å². The second-order valence-corrected chi connectivity index (χ2v) is 5.54. The molecule has 0 saturated carbocycles. The van der Waals surface area contributed by atoms with Crippen LogP contribution in [0.25, 0.3) is 0 Å². The molecule has 0 aliphatic rings. The molecule has 0 atom stereocenters. The third-order valence-electron chi connectivity index (χ3n) is 3.70. The number of methoxy groups -OCH3 is 1. The lowest BCUT2D eigenvalue weighted by atomic mass is 10.1. The Morgan fingerprint density at radius 3 is 2.25 bits per heavy atom. The number of amides is 1. The van der Waals surface area contributed by atoms with Crippen molar-refractivity contribution in [2.24, 2.45) is 0 Å². The summed E-state index contributed by atoms with van der Waals surface area (Å²) in [5.41, 5.74) is 1.83. The molecule has 0 heterocycles. The third kappa shape index (κ3) is 5.28. The van der Waals surface area contributed by atoms with E-state index in [4.69, 9.17) is 9.47 Å². The van der Waals surface area contributed by atoms with Crippen molar-refractivity contribution >= 4 is 5.91 Å². The van der Waals surface area contributed by atoms with Crippen molar-refractivity contribution < 1.29 is 14.3 Å². The number of benzene rings is 2. The maximum atomic E-state index is 11.5. The minimum Gasteiger partial charge on any atom is -0.497 e. The lowest BCUT2D eigenvalue weighted by Gasteiger charge is -2.17. The first-order valence-corrected chi connectivity index (χ1v) is 7.89. The van der Waals surface area contributed by atoms with Gasteiger partial charge in [0.05, 0.1) is 7.11 Å². The Labute approximate surface area is 143 Å². The molecule has 128 valence electrons. The van der Waals surface area contributed by atoms with Crippen LogP contribution in [0.5, 0.6) is 11.5 Å². The number of hydrogen-bond acceptors (Lipinski definition) is 4. The number of ether oxygens (including phenoxy) is 2. The molecular formula is C19H24N2O3. The first-order valence-electron chi connectivity index (χ1n) is 7.89. The molecule has 2 rings (SSSR count). The monoisotopic (exact) mass is 328 g/mol. The Morgan fingerprint density at radius 1 is 1.04 bits per heavy atom. The van der Waals surface area contributed by atoms with Crippen molar-refractivity contribution in [2.75, 3.05) is 34.4 Å². The normalized spacial score (nSPS) is 10.5. The number of carbonyl (C=O) groups is 1. The van der Waals surface area contributed by atoms with Crippen LogP contribution in [-0.4, -0.2) is 45.2 Å². The minimum absolute atomic E-state index is 0.0669. The number of nitrogens with zero attached hydrogens (tertiary/aromatic N) is 1. The molecule has 2 aromatic carbocycles. The summed E-state index contributed by atoms with van der Waals surface area (Å²) < 4.78 is 10.8. The van der Waals surface area contributed by atoms with Gasteiger partial charge in [0.15, 0.2) is 0 Å². The van der Waals surface area contributed by atoms with Crippen LogP contribution in [0.3, 0.4) is 0 Å². The highest BCUT2D eigenvalue weighted by Gasteiger charge is 2.05. The molecule has 5 heteroatoms. The fourth-order valence-corrected chi connectivity index (χ4v) is 2.29. The summed E-state index contributed by atoms with van der Waals surface area (Å²) in [5.74, 6) is 1.58. The van der Waals surface area contributed by atoms with Gasteiger partial charge in [-0.3, -0.25) is 9.69 Å². The van der Waals surface area contributed by atoms with Crippen LogP contribution >= 0.6 is 0 Å². The second kappa shape index (κ2) is 8.93. The second-order valence-electron chi connectivity index (χ2n) is 5.54. The fraction of sp³-hybridized carbons (Fsp3) is 0.316. The maximum Gasteiger partial charge on any atom is 0.251 e. The van der Waals surface area contributed by atoms with Crippen molar-refractivity contribution in [2.45, 2.75) is 6.54 Å². The highest BCUT2D eigenvalue weighted by molar-refractivity contribution is 5.93. The Hall–Kier alpha value is -2.53. The van der Waals surface area contributed by atoms with Gasteiger partial charge >= 0.3 is 0 Å².